The van der Waals surface area contributed by atoms with Crippen molar-refractivity contribution in [3.05, 3.63) is 76.7 Å². The number of amides is 1. The molecule has 1 saturated heterocycles. The van der Waals surface area contributed by atoms with E-state index in [1.807, 2.05) is 41.8 Å². The van der Waals surface area contributed by atoms with Crippen LogP contribution in [0.3, 0.4) is 0 Å². The van der Waals surface area contributed by atoms with Gasteiger partial charge in [-0.2, -0.15) is 4.98 Å². The van der Waals surface area contributed by atoms with Gasteiger partial charge in [-0.05, 0) is 60.7 Å². The summed E-state index contributed by atoms with van der Waals surface area (Å²) in [6.07, 6.45) is 1.44. The predicted molar refractivity (Wildman–Crippen MR) is 121 cm³/mol. The maximum Gasteiger partial charge on any atom is 0.298 e. The summed E-state index contributed by atoms with van der Waals surface area (Å²) >= 11 is 1.62. The number of aromatic nitrogens is 1. The molecule has 0 aliphatic carbocycles. The Kier molecular flexibility index (Phi) is 5.42. The van der Waals surface area contributed by atoms with E-state index < -0.39 is 0 Å². The second-order valence-electron chi connectivity index (χ2n) is 7.71. The Balaban J connectivity index is 1.31. The number of carbonyl (C=O) groups is 1. The molecule has 0 radical (unpaired) electrons. The van der Waals surface area contributed by atoms with Crippen LogP contribution in [0.25, 0.3) is 11.1 Å². The van der Waals surface area contributed by atoms with E-state index >= 15 is 0 Å². The number of oxazole rings is 1. The molecule has 0 N–H and O–H groups in total. The molecule has 5 rings (SSSR count). The number of anilines is 2. The summed E-state index contributed by atoms with van der Waals surface area (Å²) < 4.78 is 19.3. The highest BCUT2D eigenvalue weighted by atomic mass is 32.1. The number of halogens is 1. The summed E-state index contributed by atoms with van der Waals surface area (Å²) in [7, 11) is 0. The molecule has 1 fully saturated rings. The number of para-hydroxylation sites is 2. The van der Waals surface area contributed by atoms with Crippen molar-refractivity contribution >= 4 is 40.0 Å². The molecule has 0 saturated carbocycles. The summed E-state index contributed by atoms with van der Waals surface area (Å²) in [5.74, 6) is -0.318. The van der Waals surface area contributed by atoms with Gasteiger partial charge in [-0.15, -0.1) is 11.3 Å². The van der Waals surface area contributed by atoms with Crippen LogP contribution in [0, 0.1) is 11.7 Å². The first-order chi connectivity index (χ1) is 15.2. The topological polar surface area (TPSA) is 49.6 Å². The van der Waals surface area contributed by atoms with E-state index in [4.69, 9.17) is 4.42 Å². The lowest BCUT2D eigenvalue weighted by Gasteiger charge is -2.33. The highest BCUT2D eigenvalue weighted by Gasteiger charge is 2.31. The lowest BCUT2D eigenvalue weighted by molar-refractivity contribution is -0.123. The molecule has 158 valence electrons. The molecular weight excluding hydrogens is 413 g/mol. The van der Waals surface area contributed by atoms with Crippen molar-refractivity contribution in [2.45, 2.75) is 19.4 Å². The van der Waals surface area contributed by atoms with Gasteiger partial charge in [-0.3, -0.25) is 4.79 Å². The maximum atomic E-state index is 13.5. The normalized spacial score (nSPS) is 14.8. The zero-order valence-electron chi connectivity index (χ0n) is 16.9. The molecule has 4 aromatic rings. The monoisotopic (exact) mass is 435 g/mol. The number of thiophene rings is 1. The number of hydrogen-bond donors (Lipinski definition) is 0. The van der Waals surface area contributed by atoms with E-state index in [2.05, 4.69) is 9.88 Å². The highest BCUT2D eigenvalue weighted by molar-refractivity contribution is 7.09. The van der Waals surface area contributed by atoms with E-state index in [1.165, 1.54) is 12.1 Å². The largest absolute Gasteiger partial charge is 0.423 e. The molecule has 7 heteroatoms. The molecule has 1 aliphatic heterocycles. The Morgan fingerprint density at radius 2 is 1.87 bits per heavy atom. The Morgan fingerprint density at radius 1 is 1.10 bits per heavy atom. The van der Waals surface area contributed by atoms with Crippen LogP contribution in [-0.4, -0.2) is 24.0 Å². The van der Waals surface area contributed by atoms with Gasteiger partial charge < -0.3 is 14.2 Å². The molecule has 3 heterocycles. The first kappa shape index (κ1) is 19.8. The van der Waals surface area contributed by atoms with Gasteiger partial charge in [-0.1, -0.05) is 18.2 Å². The van der Waals surface area contributed by atoms with Gasteiger partial charge in [0.2, 0.25) is 5.91 Å². The standard InChI is InChI=1S/C24H22FN3O2S/c25-18-7-9-19(10-8-18)28(16-20-4-3-15-31-20)23(29)17-11-13-27(14-12-17)24-26-21-5-1-2-6-22(21)30-24/h1-10,15,17H,11-14,16H2. The van der Waals surface area contributed by atoms with E-state index in [9.17, 15) is 9.18 Å². The minimum atomic E-state index is -0.307. The number of nitrogens with zero attached hydrogens (tertiary/aromatic N) is 3. The van der Waals surface area contributed by atoms with Crippen molar-refractivity contribution in [1.82, 2.24) is 4.98 Å². The smallest absolute Gasteiger partial charge is 0.298 e. The van der Waals surface area contributed by atoms with Crippen LogP contribution in [0.1, 0.15) is 17.7 Å². The average Bonchev–Trinajstić information content (AvgIpc) is 3.47. The number of hydrogen-bond acceptors (Lipinski definition) is 5. The van der Waals surface area contributed by atoms with Crippen molar-refractivity contribution in [3.8, 4) is 0 Å². The van der Waals surface area contributed by atoms with Gasteiger partial charge in [0.1, 0.15) is 11.3 Å². The van der Waals surface area contributed by atoms with Crippen LogP contribution in [0.4, 0.5) is 16.1 Å². The van der Waals surface area contributed by atoms with Gasteiger partial charge in [-0.25, -0.2) is 4.39 Å². The van der Waals surface area contributed by atoms with Crippen LogP contribution >= 0.6 is 11.3 Å². The third-order valence-corrected chi connectivity index (χ3v) is 6.56. The van der Waals surface area contributed by atoms with Crippen LogP contribution in [0.15, 0.2) is 70.5 Å². The van der Waals surface area contributed by atoms with Gasteiger partial charge in [0, 0.05) is 29.6 Å². The van der Waals surface area contributed by atoms with Gasteiger partial charge >= 0.3 is 0 Å². The number of benzene rings is 2. The average molecular weight is 436 g/mol. The SMILES string of the molecule is O=C(C1CCN(c2nc3ccccc3o2)CC1)N(Cc1cccs1)c1ccc(F)cc1. The van der Waals surface area contributed by atoms with Gasteiger partial charge in [0.05, 0.1) is 6.54 Å². The number of fused-ring (bicyclic) bond motifs is 1. The third-order valence-electron chi connectivity index (χ3n) is 5.70. The van der Waals surface area contributed by atoms with Crippen molar-refractivity contribution in [2.75, 3.05) is 22.9 Å². The summed E-state index contributed by atoms with van der Waals surface area (Å²) in [6, 6.07) is 18.5. The van der Waals surface area contributed by atoms with Crippen LogP contribution < -0.4 is 9.80 Å². The van der Waals surface area contributed by atoms with E-state index in [0.29, 0.717) is 25.6 Å². The molecular formula is C24H22FN3O2S. The number of rotatable bonds is 5. The minimum Gasteiger partial charge on any atom is -0.423 e. The fraction of sp³-hybridized carbons (Fsp3) is 0.250. The van der Waals surface area contributed by atoms with Crippen molar-refractivity contribution < 1.29 is 13.6 Å². The molecule has 0 bridgehead atoms. The minimum absolute atomic E-state index is 0.0808. The van der Waals surface area contributed by atoms with Crippen LogP contribution in [0.5, 0.6) is 0 Å². The van der Waals surface area contributed by atoms with E-state index in [1.54, 1.807) is 28.4 Å². The Morgan fingerprint density at radius 3 is 2.58 bits per heavy atom. The Hall–Kier alpha value is -3.19. The molecule has 31 heavy (non-hydrogen) atoms. The lowest BCUT2D eigenvalue weighted by Crippen LogP contribution is -2.42. The summed E-state index contributed by atoms with van der Waals surface area (Å²) in [6.45, 7) is 1.91. The predicted octanol–water partition coefficient (Wildman–Crippen LogP) is 5.48. The first-order valence-corrected chi connectivity index (χ1v) is 11.3. The molecule has 1 aliphatic rings. The fourth-order valence-corrected chi connectivity index (χ4v) is 4.70. The zero-order valence-corrected chi connectivity index (χ0v) is 17.7. The van der Waals surface area contributed by atoms with Crippen molar-refractivity contribution in [1.29, 1.82) is 0 Å². The Labute approximate surface area is 183 Å². The Bertz CT molecular complexity index is 1130. The van der Waals surface area contributed by atoms with Crippen LogP contribution in [-0.2, 0) is 11.3 Å². The summed E-state index contributed by atoms with van der Waals surface area (Å²) in [5, 5.41) is 2.00. The zero-order chi connectivity index (χ0) is 21.2. The molecule has 5 nitrogen and oxygen atoms in total. The molecule has 0 spiro atoms. The third kappa shape index (κ3) is 4.18. The molecule has 0 unspecified atom stereocenters. The van der Waals surface area contributed by atoms with E-state index in [0.717, 1.165) is 34.5 Å². The number of piperidine rings is 1. The van der Waals surface area contributed by atoms with E-state index in [-0.39, 0.29) is 17.6 Å². The highest BCUT2D eigenvalue weighted by Crippen LogP contribution is 2.29. The summed E-state index contributed by atoms with van der Waals surface area (Å²) in [4.78, 5) is 23.0. The van der Waals surface area contributed by atoms with Gasteiger partial charge in [0.25, 0.3) is 6.01 Å². The van der Waals surface area contributed by atoms with Crippen molar-refractivity contribution in [2.24, 2.45) is 5.92 Å². The maximum absolute atomic E-state index is 13.5. The number of carbonyl (C=O) groups excluding carboxylic acids is 1. The first-order valence-electron chi connectivity index (χ1n) is 10.4. The fourth-order valence-electron chi connectivity index (χ4n) is 4.01. The second kappa shape index (κ2) is 8.51. The molecule has 1 amide bonds. The quantitative estimate of drug-likeness (QED) is 0.417. The van der Waals surface area contributed by atoms with Crippen LogP contribution in [0.2, 0.25) is 0 Å². The molecule has 0 atom stereocenters. The molecule has 2 aromatic carbocycles. The molecule has 2 aromatic heterocycles. The van der Waals surface area contributed by atoms with Crippen molar-refractivity contribution in [3.63, 3.8) is 0 Å². The lowest BCUT2D eigenvalue weighted by atomic mass is 9.95. The van der Waals surface area contributed by atoms with Gasteiger partial charge in [0.15, 0.2) is 5.58 Å². The second-order valence-corrected chi connectivity index (χ2v) is 8.74. The summed E-state index contributed by atoms with van der Waals surface area (Å²) in [5.41, 5.74) is 2.34.